The maximum atomic E-state index is 3.26. The first-order valence-electron chi connectivity index (χ1n) is 17.1. The monoisotopic (exact) mass is 766 g/mol. The molecule has 3 heteroatoms. The summed E-state index contributed by atoms with van der Waals surface area (Å²) in [7, 11) is 0. The Morgan fingerprint density at radius 2 is 1.02 bits per heavy atom. The van der Waals surface area contributed by atoms with Gasteiger partial charge in [-0.1, -0.05) is 116 Å². The van der Waals surface area contributed by atoms with Crippen LogP contribution in [0, 0.1) is 17.4 Å². The molecule has 0 nitrogen and oxygen atoms in total. The minimum absolute atomic E-state index is 0. The van der Waals surface area contributed by atoms with Crippen LogP contribution in [0.25, 0.3) is 21.5 Å². The summed E-state index contributed by atoms with van der Waals surface area (Å²) in [5, 5.41) is 5.49. The topological polar surface area (TPSA) is 0 Å². The molecule has 0 saturated carbocycles. The van der Waals surface area contributed by atoms with Gasteiger partial charge in [-0.15, -0.1) is 39.7 Å². The average molecular weight is 769 g/mol. The first-order valence-corrected chi connectivity index (χ1v) is 18.3. The van der Waals surface area contributed by atoms with E-state index < -0.39 is 0 Å². The molecule has 6 rings (SSSR count). The van der Waals surface area contributed by atoms with Crippen LogP contribution in [0.3, 0.4) is 0 Å². The first kappa shape index (κ1) is 42.7. The molecule has 0 heterocycles. The molecule has 1 aliphatic carbocycles. The van der Waals surface area contributed by atoms with Crippen molar-refractivity contribution in [3.8, 4) is 0 Å². The zero-order valence-electron chi connectivity index (χ0n) is 31.2. The summed E-state index contributed by atoms with van der Waals surface area (Å²) >= 11 is 1.55. The predicted octanol–water partition coefficient (Wildman–Crippen LogP) is 6.47. The summed E-state index contributed by atoms with van der Waals surface area (Å²) in [5.74, 6) is 0.522. The normalized spacial score (nSPS) is 14.1. The van der Waals surface area contributed by atoms with Crippen molar-refractivity contribution in [2.45, 2.75) is 92.9 Å². The van der Waals surface area contributed by atoms with Gasteiger partial charge in [-0.3, -0.25) is 6.08 Å². The van der Waals surface area contributed by atoms with Gasteiger partial charge in [0.15, 0.2) is 0 Å². The quantitative estimate of drug-likeness (QED) is 0.184. The number of hydrogen-bond donors (Lipinski definition) is 0. The van der Waals surface area contributed by atoms with Crippen molar-refractivity contribution < 1.29 is 49.0 Å². The Morgan fingerprint density at radius 3 is 1.33 bits per heavy atom. The Hall–Kier alpha value is -2.44. The van der Waals surface area contributed by atoms with Crippen LogP contribution in [-0.2, 0) is 47.9 Å². The molecule has 0 amide bonds. The van der Waals surface area contributed by atoms with Crippen LogP contribution in [0.4, 0.5) is 0 Å². The fraction of sp³-hybridized carbons (Fsp3) is 0.348. The summed E-state index contributed by atoms with van der Waals surface area (Å²) in [5.41, 5.74) is 7.76. The van der Waals surface area contributed by atoms with Crippen LogP contribution in [-0.4, -0.2) is 3.21 Å². The zero-order valence-corrected chi connectivity index (χ0v) is 35.2. The van der Waals surface area contributed by atoms with E-state index in [4.69, 9.17) is 0 Å². The summed E-state index contributed by atoms with van der Waals surface area (Å²) in [6.45, 7) is 22.5. The van der Waals surface area contributed by atoms with Crippen LogP contribution in [0.5, 0.6) is 0 Å². The van der Waals surface area contributed by atoms with Crippen molar-refractivity contribution in [1.29, 1.82) is 0 Å². The predicted molar refractivity (Wildman–Crippen MR) is 204 cm³/mol. The van der Waals surface area contributed by atoms with E-state index in [1.165, 1.54) is 49.4 Å². The Bertz CT molecular complexity index is 1730. The van der Waals surface area contributed by atoms with E-state index in [0.29, 0.717) is 11.3 Å². The molecule has 1 aliphatic rings. The molecule has 5 aromatic rings. The third kappa shape index (κ3) is 12.7. The average Bonchev–Trinajstić information content (AvgIpc) is 3.61. The van der Waals surface area contributed by atoms with Crippen molar-refractivity contribution in [3.05, 3.63) is 149 Å². The molecule has 1 atom stereocenters. The van der Waals surface area contributed by atoms with Gasteiger partial charge in [0.25, 0.3) is 0 Å². The molecule has 0 aromatic heterocycles. The van der Waals surface area contributed by atoms with E-state index in [0.717, 1.165) is 12.8 Å². The van der Waals surface area contributed by atoms with Gasteiger partial charge in [-0.25, -0.2) is 6.08 Å². The summed E-state index contributed by atoms with van der Waals surface area (Å²) < 4.78 is 1.60. The molecule has 0 aliphatic heterocycles. The molecule has 1 unspecified atom stereocenters. The van der Waals surface area contributed by atoms with Gasteiger partial charge in [0, 0.05) is 0 Å². The number of benzene rings is 4. The molecule has 258 valence electrons. The first-order chi connectivity index (χ1) is 22.0. The van der Waals surface area contributed by atoms with Crippen LogP contribution < -0.4 is 24.8 Å². The second kappa shape index (κ2) is 18.2. The van der Waals surface area contributed by atoms with E-state index in [9.17, 15) is 0 Å². The van der Waals surface area contributed by atoms with Crippen LogP contribution in [0.2, 0.25) is 0 Å². The van der Waals surface area contributed by atoms with Gasteiger partial charge < -0.3 is 24.8 Å². The van der Waals surface area contributed by atoms with E-state index >= 15 is 0 Å². The maximum absolute atomic E-state index is 3.26. The Kier molecular flexibility index (Phi) is 15.8. The molecular weight excluding hydrogens is 715 g/mol. The fourth-order valence-electron chi connectivity index (χ4n) is 5.73. The van der Waals surface area contributed by atoms with Gasteiger partial charge >= 0.3 is 112 Å². The third-order valence-corrected chi connectivity index (χ3v) is 9.63. The fourth-order valence-corrected chi connectivity index (χ4v) is 6.74. The molecule has 0 spiro atoms. The number of rotatable bonds is 4. The number of fused-ring (bicyclic) bond motifs is 3. The van der Waals surface area contributed by atoms with Crippen LogP contribution in [0.1, 0.15) is 91.5 Å². The standard InChI is InChI=1S/C21H25.C15H14.C10H15.2ClH.Zr/c1-20(2,3)16-9-7-14-11-15-8-10-17(21(4,5)6)13-19(15)18(14)12-16;1-3-8-14(9-4-1)12-7-13-15-10-5-2-6-11-15;1-8-5-6-9(7-8)10(2,3)4;;;/h7-13H,1-6H3;1-6,8-11H,12-13H2;6-8H,1-4H3;2*1H;/q-1;;-1;;;+2/p-2. The van der Waals surface area contributed by atoms with Crippen molar-refractivity contribution >= 4 is 24.8 Å². The van der Waals surface area contributed by atoms with Crippen molar-refractivity contribution in [2.24, 2.45) is 11.3 Å². The SMILES string of the molecule is CC(C)(C)c1ccc2[cH-]c3ccc(C(C)(C)C)cc3c2c1.CC1[C-]=CC(C(C)(C)C)=C1.[Cl-].[Cl-].[Zr+2]=[C](Cc1ccccc1)Cc1ccccc1. The molecule has 5 aromatic carbocycles. The van der Waals surface area contributed by atoms with Gasteiger partial charge in [0.2, 0.25) is 0 Å². The van der Waals surface area contributed by atoms with Crippen LogP contribution in [0.15, 0.2) is 121 Å². The van der Waals surface area contributed by atoms with Gasteiger partial charge in [-0.05, 0) is 10.8 Å². The van der Waals surface area contributed by atoms with Gasteiger partial charge in [0.05, 0.1) is 0 Å². The zero-order chi connectivity index (χ0) is 34.4. The number of allylic oxidation sites excluding steroid dienone is 4. The van der Waals surface area contributed by atoms with E-state index in [1.807, 2.05) is 0 Å². The second-order valence-corrected chi connectivity index (χ2v) is 17.9. The van der Waals surface area contributed by atoms with Crippen molar-refractivity contribution in [2.75, 3.05) is 0 Å². The van der Waals surface area contributed by atoms with E-state index in [1.54, 1.807) is 27.4 Å². The number of hydrogen-bond acceptors (Lipinski definition) is 0. The molecular formula is C46H54Cl2Zr-2. The summed E-state index contributed by atoms with van der Waals surface area (Å²) in [6.07, 6.45) is 9.89. The third-order valence-electron chi connectivity index (χ3n) is 8.76. The van der Waals surface area contributed by atoms with Gasteiger partial charge in [-0.2, -0.15) is 11.6 Å². The van der Waals surface area contributed by atoms with Crippen molar-refractivity contribution in [3.63, 3.8) is 0 Å². The number of halogens is 2. The molecule has 0 radical (unpaired) electrons. The van der Waals surface area contributed by atoms with E-state index in [2.05, 4.69) is 191 Å². The van der Waals surface area contributed by atoms with E-state index in [-0.39, 0.29) is 35.6 Å². The second-order valence-electron chi connectivity index (χ2n) is 16.1. The van der Waals surface area contributed by atoms with Crippen molar-refractivity contribution in [1.82, 2.24) is 0 Å². The van der Waals surface area contributed by atoms with Crippen LogP contribution >= 0.6 is 0 Å². The molecule has 0 N–H and O–H groups in total. The Balaban J connectivity index is 0.000000265. The molecule has 0 bridgehead atoms. The molecule has 0 saturated heterocycles. The molecule has 49 heavy (non-hydrogen) atoms. The Morgan fingerprint density at radius 1 is 0.612 bits per heavy atom. The Labute approximate surface area is 325 Å². The minimum atomic E-state index is 0. The van der Waals surface area contributed by atoms with Gasteiger partial charge in [0.1, 0.15) is 0 Å². The molecule has 0 fully saturated rings. The summed E-state index contributed by atoms with van der Waals surface area (Å²) in [6, 6.07) is 37.6. The summed E-state index contributed by atoms with van der Waals surface area (Å²) in [4.78, 5) is 0.